The van der Waals surface area contributed by atoms with Crippen LogP contribution in [0.15, 0.2) is 22.7 Å². The van der Waals surface area contributed by atoms with Gasteiger partial charge >= 0.3 is 0 Å². The van der Waals surface area contributed by atoms with Gasteiger partial charge in [-0.1, -0.05) is 29.8 Å². The van der Waals surface area contributed by atoms with Gasteiger partial charge in [0.25, 0.3) is 0 Å². The van der Waals surface area contributed by atoms with Crippen molar-refractivity contribution in [2.24, 2.45) is 5.92 Å². The number of rotatable bonds is 2. The normalized spacial score (nSPS) is 29.4. The van der Waals surface area contributed by atoms with Gasteiger partial charge in [-0.05, 0) is 37.5 Å². The van der Waals surface area contributed by atoms with Crippen LogP contribution in [0.2, 0.25) is 0 Å². The Bertz CT molecular complexity index is 419. The first-order valence-corrected chi connectivity index (χ1v) is 6.92. The second kappa shape index (κ2) is 4.62. The van der Waals surface area contributed by atoms with E-state index in [0.717, 1.165) is 22.2 Å². The average Bonchev–Trinajstić information content (AvgIpc) is 2.29. The fraction of sp³-hybridized carbons (Fsp3) is 0.571. The Labute approximate surface area is 111 Å². The molecule has 17 heavy (non-hydrogen) atoms. The molecule has 0 radical (unpaired) electrons. The van der Waals surface area contributed by atoms with Crippen molar-refractivity contribution in [2.45, 2.75) is 45.3 Å². The van der Waals surface area contributed by atoms with Gasteiger partial charge in [-0.3, -0.25) is 0 Å². The third kappa shape index (κ3) is 2.36. The fourth-order valence-electron chi connectivity index (χ4n) is 2.39. The summed E-state index contributed by atoms with van der Waals surface area (Å²) in [6.07, 6.45) is 1.27. The van der Waals surface area contributed by atoms with Gasteiger partial charge in [0, 0.05) is 16.5 Å². The Balaban J connectivity index is 2.36. The zero-order valence-electron chi connectivity index (χ0n) is 10.5. The maximum Gasteiger partial charge on any atom is 0.126 e. The van der Waals surface area contributed by atoms with Crippen LogP contribution >= 0.6 is 15.9 Å². The molecule has 0 bridgehead atoms. The van der Waals surface area contributed by atoms with Crippen LogP contribution in [0.5, 0.6) is 5.75 Å². The number of hydrogen-bond acceptors (Lipinski definition) is 2. The van der Waals surface area contributed by atoms with Crippen molar-refractivity contribution in [3.05, 3.63) is 28.2 Å². The van der Waals surface area contributed by atoms with E-state index in [1.165, 1.54) is 0 Å². The maximum atomic E-state index is 10.3. The summed E-state index contributed by atoms with van der Waals surface area (Å²) in [5.74, 6) is 1.24. The molecule has 0 aromatic heterocycles. The molecule has 1 N–H and O–H groups in total. The maximum absolute atomic E-state index is 10.3. The van der Waals surface area contributed by atoms with E-state index in [1.807, 2.05) is 18.2 Å². The van der Waals surface area contributed by atoms with Gasteiger partial charge in [0.1, 0.15) is 11.4 Å². The summed E-state index contributed by atoms with van der Waals surface area (Å²) in [7, 11) is 0. The van der Waals surface area contributed by atoms with E-state index in [1.54, 1.807) is 0 Å². The minimum absolute atomic E-state index is 0.269. The van der Waals surface area contributed by atoms with Gasteiger partial charge in [-0.15, -0.1) is 0 Å². The lowest BCUT2D eigenvalue weighted by Gasteiger charge is -2.42. The third-order valence-corrected chi connectivity index (χ3v) is 4.42. The summed E-state index contributed by atoms with van der Waals surface area (Å²) in [6.45, 7) is 6.43. The van der Waals surface area contributed by atoms with Gasteiger partial charge in [0.15, 0.2) is 0 Å². The molecule has 3 unspecified atom stereocenters. The summed E-state index contributed by atoms with van der Waals surface area (Å²) in [5, 5.41) is 10.3. The summed E-state index contributed by atoms with van der Waals surface area (Å²) in [5.41, 5.74) is 0.620. The monoisotopic (exact) mass is 298 g/mol. The first kappa shape index (κ1) is 12.9. The zero-order chi connectivity index (χ0) is 12.6. The highest BCUT2D eigenvalue weighted by atomic mass is 79.9. The van der Waals surface area contributed by atoms with Crippen molar-refractivity contribution in [1.29, 1.82) is 0 Å². The number of aliphatic hydroxyl groups is 1. The van der Waals surface area contributed by atoms with Gasteiger partial charge < -0.3 is 9.84 Å². The number of benzene rings is 1. The lowest BCUT2D eigenvalue weighted by molar-refractivity contribution is -0.0380. The molecule has 3 heteroatoms. The topological polar surface area (TPSA) is 29.5 Å². The van der Waals surface area contributed by atoms with E-state index in [-0.39, 0.29) is 5.60 Å². The molecule has 0 spiro atoms. The predicted molar refractivity (Wildman–Crippen MR) is 72.2 cm³/mol. The van der Waals surface area contributed by atoms with Crippen molar-refractivity contribution < 1.29 is 9.84 Å². The molecule has 1 heterocycles. The van der Waals surface area contributed by atoms with Gasteiger partial charge in [-0.2, -0.15) is 0 Å². The molecule has 2 rings (SSSR count). The minimum Gasteiger partial charge on any atom is -0.487 e. The molecule has 94 valence electrons. The SMILES string of the molecule is CCC(C)C1(C)CC(O)c2cc(Br)ccc2O1. The van der Waals surface area contributed by atoms with Crippen LogP contribution in [0.4, 0.5) is 0 Å². The highest BCUT2D eigenvalue weighted by Gasteiger charge is 2.40. The van der Waals surface area contributed by atoms with Gasteiger partial charge in [0.2, 0.25) is 0 Å². The number of aliphatic hydroxyl groups excluding tert-OH is 1. The highest BCUT2D eigenvalue weighted by Crippen LogP contribution is 2.44. The molecule has 1 aromatic carbocycles. The Morgan fingerprint density at radius 1 is 1.59 bits per heavy atom. The molecule has 0 amide bonds. The quantitative estimate of drug-likeness (QED) is 0.892. The van der Waals surface area contributed by atoms with Crippen molar-refractivity contribution >= 4 is 15.9 Å². The molecule has 2 nitrogen and oxygen atoms in total. The lowest BCUT2D eigenvalue weighted by atomic mass is 9.80. The number of hydrogen-bond donors (Lipinski definition) is 1. The Hall–Kier alpha value is -0.540. The van der Waals surface area contributed by atoms with Crippen molar-refractivity contribution in [2.75, 3.05) is 0 Å². The summed E-state index contributed by atoms with van der Waals surface area (Å²) in [6, 6.07) is 5.83. The first-order valence-electron chi connectivity index (χ1n) is 6.13. The van der Waals surface area contributed by atoms with E-state index in [2.05, 4.69) is 36.7 Å². The Morgan fingerprint density at radius 2 is 2.29 bits per heavy atom. The molecule has 1 aliphatic rings. The standard InChI is InChI=1S/C14H19BrO2/c1-4-9(2)14(3)8-12(16)11-7-10(15)5-6-13(11)17-14/h5-7,9,12,16H,4,8H2,1-3H3. The van der Waals surface area contributed by atoms with E-state index < -0.39 is 6.10 Å². The molecule has 0 fully saturated rings. The van der Waals surface area contributed by atoms with Crippen LogP contribution in [0, 0.1) is 5.92 Å². The Morgan fingerprint density at radius 3 is 2.94 bits per heavy atom. The smallest absolute Gasteiger partial charge is 0.126 e. The van der Waals surface area contributed by atoms with Crippen molar-refractivity contribution in [3.63, 3.8) is 0 Å². The minimum atomic E-state index is -0.435. The zero-order valence-corrected chi connectivity index (χ0v) is 12.1. The number of ether oxygens (including phenoxy) is 1. The Kier molecular flexibility index (Phi) is 3.50. The number of halogens is 1. The molecule has 0 aliphatic carbocycles. The largest absolute Gasteiger partial charge is 0.487 e. The molecular weight excluding hydrogens is 280 g/mol. The van der Waals surface area contributed by atoms with Crippen LogP contribution in [-0.4, -0.2) is 10.7 Å². The van der Waals surface area contributed by atoms with Gasteiger partial charge in [-0.25, -0.2) is 0 Å². The van der Waals surface area contributed by atoms with E-state index in [0.29, 0.717) is 12.3 Å². The molecule has 1 aliphatic heterocycles. The van der Waals surface area contributed by atoms with E-state index >= 15 is 0 Å². The highest BCUT2D eigenvalue weighted by molar-refractivity contribution is 9.10. The summed E-state index contributed by atoms with van der Waals surface area (Å²) in [4.78, 5) is 0. The van der Waals surface area contributed by atoms with Crippen LogP contribution < -0.4 is 4.74 Å². The molecular formula is C14H19BrO2. The molecule has 0 saturated carbocycles. The molecule has 3 atom stereocenters. The van der Waals surface area contributed by atoms with E-state index in [4.69, 9.17) is 4.74 Å². The average molecular weight is 299 g/mol. The van der Waals surface area contributed by atoms with Crippen molar-refractivity contribution in [1.82, 2.24) is 0 Å². The van der Waals surface area contributed by atoms with Crippen LogP contribution in [-0.2, 0) is 0 Å². The second-order valence-corrected chi connectivity index (χ2v) is 6.04. The summed E-state index contributed by atoms with van der Waals surface area (Å²) >= 11 is 3.42. The van der Waals surface area contributed by atoms with Crippen molar-refractivity contribution in [3.8, 4) is 5.75 Å². The molecule has 0 saturated heterocycles. The lowest BCUT2D eigenvalue weighted by Crippen LogP contribution is -2.43. The predicted octanol–water partition coefficient (Wildman–Crippen LogP) is 4.07. The first-order chi connectivity index (χ1) is 7.96. The van der Waals surface area contributed by atoms with Crippen LogP contribution in [0.25, 0.3) is 0 Å². The second-order valence-electron chi connectivity index (χ2n) is 5.13. The fourth-order valence-corrected chi connectivity index (χ4v) is 2.77. The van der Waals surface area contributed by atoms with Gasteiger partial charge in [0.05, 0.1) is 6.10 Å². The number of fused-ring (bicyclic) bond motifs is 1. The van der Waals surface area contributed by atoms with Crippen LogP contribution in [0.1, 0.15) is 45.3 Å². The summed E-state index contributed by atoms with van der Waals surface area (Å²) < 4.78 is 7.09. The van der Waals surface area contributed by atoms with E-state index in [9.17, 15) is 5.11 Å². The van der Waals surface area contributed by atoms with Crippen LogP contribution in [0.3, 0.4) is 0 Å². The molecule has 1 aromatic rings. The third-order valence-electron chi connectivity index (χ3n) is 3.93.